The Kier molecular flexibility index (Phi) is 2.50. The second-order valence-corrected chi connectivity index (χ2v) is 5.98. The third-order valence-electron chi connectivity index (χ3n) is 0.842. The van der Waals surface area contributed by atoms with Gasteiger partial charge in [-0.25, -0.2) is 8.42 Å². The first-order chi connectivity index (χ1) is 4.97. The molecule has 1 aromatic rings. The van der Waals surface area contributed by atoms with E-state index in [0.29, 0.717) is 9.35 Å². The molecular weight excluding hydrogens is 204 g/mol. The summed E-state index contributed by atoms with van der Waals surface area (Å²) in [5.74, 6) is -0.0504. The van der Waals surface area contributed by atoms with Gasteiger partial charge in [-0.05, 0) is 0 Å². The van der Waals surface area contributed by atoms with E-state index in [1.54, 1.807) is 0 Å². The maximum absolute atomic E-state index is 10.7. The molecule has 0 aliphatic rings. The molecule has 4 nitrogen and oxygen atoms in total. The summed E-state index contributed by atoms with van der Waals surface area (Å²) in [6, 6.07) is 0. The van der Waals surface area contributed by atoms with Gasteiger partial charge in [-0.15, -0.1) is 22.8 Å². The number of thiol groups is 1. The lowest BCUT2D eigenvalue weighted by atomic mass is 10.9. The van der Waals surface area contributed by atoms with Crippen LogP contribution in [0.3, 0.4) is 0 Å². The average molecular weight is 210 g/mol. The predicted molar refractivity (Wildman–Crippen MR) is 45.7 cm³/mol. The number of sulfone groups is 1. The second-order valence-electron chi connectivity index (χ2n) is 2.05. The normalized spacial score (nSPS) is 11.8. The van der Waals surface area contributed by atoms with Crippen molar-refractivity contribution in [2.75, 3.05) is 6.26 Å². The van der Waals surface area contributed by atoms with Gasteiger partial charge >= 0.3 is 0 Å². The lowest BCUT2D eigenvalue weighted by Gasteiger charge is -1.88. The van der Waals surface area contributed by atoms with Crippen LogP contribution < -0.4 is 0 Å². The average Bonchev–Trinajstić information content (AvgIpc) is 2.10. The highest BCUT2D eigenvalue weighted by atomic mass is 32.2. The quantitative estimate of drug-likeness (QED) is 0.717. The first-order valence-electron chi connectivity index (χ1n) is 2.66. The van der Waals surface area contributed by atoms with Gasteiger partial charge in [-0.1, -0.05) is 11.3 Å². The van der Waals surface area contributed by atoms with E-state index in [0.717, 1.165) is 6.26 Å². The van der Waals surface area contributed by atoms with Gasteiger partial charge in [0, 0.05) is 6.26 Å². The van der Waals surface area contributed by atoms with E-state index in [1.807, 2.05) is 0 Å². The lowest BCUT2D eigenvalue weighted by molar-refractivity contribution is 0.600. The van der Waals surface area contributed by atoms with Crippen LogP contribution >= 0.6 is 24.0 Å². The van der Waals surface area contributed by atoms with Gasteiger partial charge in [0.2, 0.25) is 0 Å². The van der Waals surface area contributed by atoms with Crippen molar-refractivity contribution in [1.82, 2.24) is 10.2 Å². The number of rotatable bonds is 2. The Bertz CT molecular complexity index is 342. The summed E-state index contributed by atoms with van der Waals surface area (Å²) in [7, 11) is -2.99. The smallest absolute Gasteiger partial charge is 0.171 e. The number of hydrogen-bond acceptors (Lipinski definition) is 6. The fourth-order valence-corrected chi connectivity index (χ4v) is 2.65. The van der Waals surface area contributed by atoms with Crippen molar-refractivity contribution in [2.24, 2.45) is 0 Å². The van der Waals surface area contributed by atoms with Crippen LogP contribution in [0.15, 0.2) is 4.34 Å². The van der Waals surface area contributed by atoms with Crippen LogP contribution in [-0.2, 0) is 15.6 Å². The van der Waals surface area contributed by atoms with E-state index in [4.69, 9.17) is 0 Å². The minimum Gasteiger partial charge on any atom is -0.229 e. The third-order valence-corrected chi connectivity index (χ3v) is 2.91. The molecule has 0 amide bonds. The fraction of sp³-hybridized carbons (Fsp3) is 0.500. The first-order valence-corrected chi connectivity index (χ1v) is 5.99. The van der Waals surface area contributed by atoms with Gasteiger partial charge < -0.3 is 0 Å². The molecular formula is C4H6N2O2S3. The van der Waals surface area contributed by atoms with Crippen molar-refractivity contribution in [1.29, 1.82) is 0 Å². The van der Waals surface area contributed by atoms with Crippen LogP contribution in [0.4, 0.5) is 0 Å². The Morgan fingerprint density at radius 1 is 1.55 bits per heavy atom. The van der Waals surface area contributed by atoms with Crippen molar-refractivity contribution in [2.45, 2.75) is 10.1 Å². The maximum atomic E-state index is 10.7. The molecule has 0 radical (unpaired) electrons. The largest absolute Gasteiger partial charge is 0.229 e. The Balaban J connectivity index is 2.81. The molecule has 0 bridgehead atoms. The standard InChI is InChI=1S/C4H6N2O2S3/c1-11(7,8)2-3-5-6-4(9)10-3/h2H2,1H3,(H,6,9). The molecule has 11 heavy (non-hydrogen) atoms. The van der Waals surface area contributed by atoms with Gasteiger partial charge in [-0.2, -0.15) is 0 Å². The van der Waals surface area contributed by atoms with Crippen LogP contribution in [0.1, 0.15) is 5.01 Å². The summed E-state index contributed by atoms with van der Waals surface area (Å²) >= 11 is 5.08. The summed E-state index contributed by atoms with van der Waals surface area (Å²) < 4.78 is 21.9. The topological polar surface area (TPSA) is 59.9 Å². The second kappa shape index (κ2) is 3.08. The van der Waals surface area contributed by atoms with Crippen molar-refractivity contribution in [3.8, 4) is 0 Å². The van der Waals surface area contributed by atoms with Crippen molar-refractivity contribution in [3.05, 3.63) is 5.01 Å². The van der Waals surface area contributed by atoms with E-state index >= 15 is 0 Å². The highest BCUT2D eigenvalue weighted by Gasteiger charge is 2.08. The van der Waals surface area contributed by atoms with Crippen LogP contribution in [0.5, 0.6) is 0 Å². The Hall–Kier alpha value is -0.140. The minimum absolute atomic E-state index is 0.0504. The predicted octanol–water partition coefficient (Wildman–Crippen LogP) is 0.371. The van der Waals surface area contributed by atoms with Crippen LogP contribution in [-0.4, -0.2) is 24.9 Å². The highest BCUT2D eigenvalue weighted by Crippen LogP contribution is 2.14. The number of nitrogens with zero attached hydrogens (tertiary/aromatic N) is 2. The first kappa shape index (κ1) is 8.95. The monoisotopic (exact) mass is 210 g/mol. The molecule has 0 unspecified atom stereocenters. The van der Waals surface area contributed by atoms with Gasteiger partial charge in [-0.3, -0.25) is 0 Å². The molecule has 0 N–H and O–H groups in total. The van der Waals surface area contributed by atoms with E-state index in [2.05, 4.69) is 22.8 Å². The van der Waals surface area contributed by atoms with Crippen molar-refractivity contribution < 1.29 is 8.42 Å². The van der Waals surface area contributed by atoms with E-state index in [9.17, 15) is 8.42 Å². The zero-order valence-electron chi connectivity index (χ0n) is 5.68. The van der Waals surface area contributed by atoms with E-state index in [1.165, 1.54) is 11.3 Å². The Morgan fingerprint density at radius 2 is 2.18 bits per heavy atom. The summed E-state index contributed by atoms with van der Waals surface area (Å²) in [6.07, 6.45) is 1.16. The van der Waals surface area contributed by atoms with Gasteiger partial charge in [0.25, 0.3) is 0 Å². The Morgan fingerprint density at radius 3 is 2.55 bits per heavy atom. The fourth-order valence-electron chi connectivity index (χ4n) is 0.527. The number of aromatic nitrogens is 2. The molecule has 0 fully saturated rings. The molecule has 1 heterocycles. The van der Waals surface area contributed by atoms with Gasteiger partial charge in [0.15, 0.2) is 14.2 Å². The molecule has 0 saturated heterocycles. The summed E-state index contributed by atoms with van der Waals surface area (Å²) in [4.78, 5) is 0. The molecule has 0 spiro atoms. The molecule has 0 aromatic carbocycles. The van der Waals surface area contributed by atoms with Crippen LogP contribution in [0.2, 0.25) is 0 Å². The van der Waals surface area contributed by atoms with Gasteiger partial charge in [0.1, 0.15) is 10.8 Å². The summed E-state index contributed by atoms with van der Waals surface area (Å²) in [5.41, 5.74) is 0. The molecule has 0 saturated carbocycles. The molecule has 0 aliphatic carbocycles. The highest BCUT2D eigenvalue weighted by molar-refractivity contribution is 7.90. The zero-order chi connectivity index (χ0) is 8.48. The maximum Gasteiger partial charge on any atom is 0.171 e. The molecule has 0 atom stereocenters. The number of hydrogen-bond donors (Lipinski definition) is 1. The van der Waals surface area contributed by atoms with Gasteiger partial charge in [0.05, 0.1) is 0 Å². The van der Waals surface area contributed by atoms with Crippen LogP contribution in [0.25, 0.3) is 0 Å². The molecule has 0 aliphatic heterocycles. The summed E-state index contributed by atoms with van der Waals surface area (Å²) in [6.45, 7) is 0. The van der Waals surface area contributed by atoms with E-state index < -0.39 is 9.84 Å². The van der Waals surface area contributed by atoms with E-state index in [-0.39, 0.29) is 5.75 Å². The SMILES string of the molecule is CS(=O)(=O)Cc1nnc(S)s1. The summed E-state index contributed by atoms with van der Waals surface area (Å²) in [5, 5.41) is 7.67. The third kappa shape index (κ3) is 3.17. The molecule has 1 rings (SSSR count). The lowest BCUT2D eigenvalue weighted by Crippen LogP contribution is -1.99. The van der Waals surface area contributed by atoms with Crippen molar-refractivity contribution in [3.63, 3.8) is 0 Å². The minimum atomic E-state index is -2.99. The van der Waals surface area contributed by atoms with Crippen LogP contribution in [0, 0.1) is 0 Å². The molecule has 1 aromatic heterocycles. The molecule has 62 valence electrons. The zero-order valence-corrected chi connectivity index (χ0v) is 8.21. The Labute approximate surface area is 74.0 Å². The molecule has 7 heteroatoms. The van der Waals surface area contributed by atoms with Crippen molar-refractivity contribution >= 4 is 33.8 Å².